The third-order valence-corrected chi connectivity index (χ3v) is 3.35. The molecule has 112 valence electrons. The largest absolute Gasteiger partial charge is 0.504 e. The number of aromatic nitrogens is 3. The van der Waals surface area contributed by atoms with Crippen molar-refractivity contribution in [3.8, 4) is 34.2 Å². The fraction of sp³-hybridized carbons (Fsp3) is 0.125. The summed E-state index contributed by atoms with van der Waals surface area (Å²) in [6.07, 6.45) is 1.74. The zero-order valence-corrected chi connectivity index (χ0v) is 12.2. The van der Waals surface area contributed by atoms with E-state index in [1.165, 1.54) is 12.1 Å². The van der Waals surface area contributed by atoms with Crippen LogP contribution in [0.3, 0.4) is 0 Å². The summed E-state index contributed by atoms with van der Waals surface area (Å²) in [6.45, 7) is 1.98. The van der Waals surface area contributed by atoms with Gasteiger partial charge in [-0.2, -0.15) is 0 Å². The van der Waals surface area contributed by atoms with Crippen LogP contribution in [0.25, 0.3) is 16.9 Å². The van der Waals surface area contributed by atoms with E-state index < -0.39 is 0 Å². The van der Waals surface area contributed by atoms with Crippen LogP contribution < -0.4 is 4.74 Å². The van der Waals surface area contributed by atoms with Gasteiger partial charge in [-0.3, -0.25) is 0 Å². The first-order valence-electron chi connectivity index (χ1n) is 6.68. The van der Waals surface area contributed by atoms with Gasteiger partial charge >= 0.3 is 0 Å². The van der Waals surface area contributed by atoms with E-state index in [1.54, 1.807) is 24.1 Å². The Labute approximate surface area is 127 Å². The first-order valence-corrected chi connectivity index (χ1v) is 6.68. The molecule has 1 aromatic heterocycles. The van der Waals surface area contributed by atoms with Crippen molar-refractivity contribution < 1.29 is 14.9 Å². The van der Waals surface area contributed by atoms with E-state index in [4.69, 9.17) is 4.74 Å². The zero-order chi connectivity index (χ0) is 15.7. The summed E-state index contributed by atoms with van der Waals surface area (Å²) in [5.74, 6) is 0.335. The van der Waals surface area contributed by atoms with Crippen LogP contribution in [0, 0.1) is 6.92 Å². The molecule has 0 radical (unpaired) electrons. The molecule has 0 fully saturated rings. The molecular weight excluding hydrogens is 282 g/mol. The summed E-state index contributed by atoms with van der Waals surface area (Å²) in [6, 6.07) is 10.3. The number of nitrogens with zero attached hydrogens (tertiary/aromatic N) is 3. The van der Waals surface area contributed by atoms with E-state index >= 15 is 0 Å². The maximum Gasteiger partial charge on any atom is 0.158 e. The van der Waals surface area contributed by atoms with Crippen molar-refractivity contribution in [1.82, 2.24) is 15.0 Å². The molecule has 0 bridgehead atoms. The molecule has 0 spiro atoms. The molecule has 0 saturated heterocycles. The number of phenolic OH excluding ortho intramolecular Hbond substituents is 2. The molecule has 6 heteroatoms. The van der Waals surface area contributed by atoms with Gasteiger partial charge in [-0.1, -0.05) is 11.3 Å². The second kappa shape index (κ2) is 5.40. The average Bonchev–Trinajstić information content (AvgIpc) is 2.99. The predicted octanol–water partition coefficient (Wildman–Crippen LogP) is 2.66. The minimum absolute atomic E-state index is 0.170. The predicted molar refractivity (Wildman–Crippen MR) is 81.4 cm³/mol. The third-order valence-electron chi connectivity index (χ3n) is 3.35. The molecule has 0 unspecified atom stereocenters. The highest BCUT2D eigenvalue weighted by atomic mass is 16.5. The number of rotatable bonds is 3. The molecular formula is C16H15N3O3. The van der Waals surface area contributed by atoms with Crippen LogP contribution in [-0.2, 0) is 0 Å². The molecule has 2 aromatic carbocycles. The smallest absolute Gasteiger partial charge is 0.158 e. The molecule has 22 heavy (non-hydrogen) atoms. The SMILES string of the molecule is COc1cc(C)ccc1-n1cc(-c2ccc(O)c(O)c2)nn1. The van der Waals surface area contributed by atoms with Gasteiger partial charge in [0.05, 0.1) is 13.3 Å². The Kier molecular flexibility index (Phi) is 3.42. The summed E-state index contributed by atoms with van der Waals surface area (Å²) in [5, 5.41) is 27.1. The molecule has 3 aromatic rings. The van der Waals surface area contributed by atoms with Crippen molar-refractivity contribution in [2.75, 3.05) is 7.11 Å². The van der Waals surface area contributed by atoms with Gasteiger partial charge in [0.1, 0.15) is 17.1 Å². The summed E-state index contributed by atoms with van der Waals surface area (Å²) in [7, 11) is 1.61. The summed E-state index contributed by atoms with van der Waals surface area (Å²) >= 11 is 0. The van der Waals surface area contributed by atoms with Gasteiger partial charge in [0, 0.05) is 5.56 Å². The van der Waals surface area contributed by atoms with Crippen LogP contribution in [0.15, 0.2) is 42.6 Å². The van der Waals surface area contributed by atoms with Crippen LogP contribution in [-0.4, -0.2) is 32.3 Å². The van der Waals surface area contributed by atoms with Crippen molar-refractivity contribution in [2.24, 2.45) is 0 Å². The molecule has 0 aliphatic carbocycles. The summed E-state index contributed by atoms with van der Waals surface area (Å²) in [5.41, 5.74) is 3.10. The van der Waals surface area contributed by atoms with Gasteiger partial charge in [-0.05, 0) is 42.8 Å². The summed E-state index contributed by atoms with van der Waals surface area (Å²) in [4.78, 5) is 0. The normalized spacial score (nSPS) is 10.6. The lowest BCUT2D eigenvalue weighted by Crippen LogP contribution is -1.99. The monoisotopic (exact) mass is 297 g/mol. The zero-order valence-electron chi connectivity index (χ0n) is 12.2. The van der Waals surface area contributed by atoms with Crippen molar-refractivity contribution in [2.45, 2.75) is 6.92 Å². The summed E-state index contributed by atoms with van der Waals surface area (Å²) < 4.78 is 6.98. The number of phenols is 2. The lowest BCUT2D eigenvalue weighted by molar-refractivity contribution is 0.404. The van der Waals surface area contributed by atoms with Crippen LogP contribution in [0.5, 0.6) is 17.2 Å². The van der Waals surface area contributed by atoms with E-state index in [1.807, 2.05) is 25.1 Å². The Morgan fingerprint density at radius 2 is 1.86 bits per heavy atom. The fourth-order valence-corrected chi connectivity index (χ4v) is 2.17. The molecule has 0 aliphatic heterocycles. The van der Waals surface area contributed by atoms with Gasteiger partial charge in [-0.25, -0.2) is 4.68 Å². The average molecular weight is 297 g/mol. The minimum Gasteiger partial charge on any atom is -0.504 e. The highest BCUT2D eigenvalue weighted by Gasteiger charge is 2.11. The quantitative estimate of drug-likeness (QED) is 0.726. The number of ether oxygens (including phenoxy) is 1. The van der Waals surface area contributed by atoms with E-state index in [9.17, 15) is 10.2 Å². The number of aryl methyl sites for hydroxylation is 1. The standard InChI is InChI=1S/C16H15N3O3/c1-10-3-5-13(16(7-10)22-2)19-9-12(17-18-19)11-4-6-14(20)15(21)8-11/h3-9,20-21H,1-2H3. The third kappa shape index (κ3) is 2.46. The lowest BCUT2D eigenvalue weighted by atomic mass is 10.1. The number of benzene rings is 2. The van der Waals surface area contributed by atoms with Gasteiger partial charge in [0.15, 0.2) is 11.5 Å². The van der Waals surface area contributed by atoms with Crippen LogP contribution >= 0.6 is 0 Å². The topological polar surface area (TPSA) is 80.4 Å². The Morgan fingerprint density at radius 3 is 2.59 bits per heavy atom. The molecule has 0 aliphatic rings. The van der Waals surface area contributed by atoms with E-state index in [2.05, 4.69) is 10.3 Å². The van der Waals surface area contributed by atoms with Crippen LogP contribution in [0.2, 0.25) is 0 Å². The maximum absolute atomic E-state index is 9.57. The Bertz CT molecular complexity index is 827. The molecule has 2 N–H and O–H groups in total. The Morgan fingerprint density at radius 1 is 1.05 bits per heavy atom. The number of hydrogen-bond donors (Lipinski definition) is 2. The van der Waals surface area contributed by atoms with Crippen molar-refractivity contribution in [3.63, 3.8) is 0 Å². The molecule has 0 saturated carbocycles. The van der Waals surface area contributed by atoms with Crippen molar-refractivity contribution in [1.29, 1.82) is 0 Å². The first-order chi connectivity index (χ1) is 10.6. The van der Waals surface area contributed by atoms with Gasteiger partial charge in [0.25, 0.3) is 0 Å². The highest BCUT2D eigenvalue weighted by Crippen LogP contribution is 2.30. The van der Waals surface area contributed by atoms with Gasteiger partial charge < -0.3 is 14.9 Å². The van der Waals surface area contributed by atoms with Crippen LogP contribution in [0.1, 0.15) is 5.56 Å². The number of aromatic hydroxyl groups is 2. The Hall–Kier alpha value is -3.02. The molecule has 0 amide bonds. The molecule has 0 atom stereocenters. The Balaban J connectivity index is 2.02. The fourth-order valence-electron chi connectivity index (χ4n) is 2.17. The van der Waals surface area contributed by atoms with Crippen molar-refractivity contribution >= 4 is 0 Å². The molecule has 1 heterocycles. The number of methoxy groups -OCH3 is 1. The van der Waals surface area contributed by atoms with E-state index in [-0.39, 0.29) is 11.5 Å². The van der Waals surface area contributed by atoms with E-state index in [0.717, 1.165) is 11.3 Å². The van der Waals surface area contributed by atoms with E-state index in [0.29, 0.717) is 17.0 Å². The highest BCUT2D eigenvalue weighted by molar-refractivity contribution is 5.63. The molecule has 3 rings (SSSR count). The lowest BCUT2D eigenvalue weighted by Gasteiger charge is -2.08. The molecule has 6 nitrogen and oxygen atoms in total. The maximum atomic E-state index is 9.57. The first kappa shape index (κ1) is 13.9. The number of hydrogen-bond acceptors (Lipinski definition) is 5. The van der Waals surface area contributed by atoms with Crippen LogP contribution in [0.4, 0.5) is 0 Å². The minimum atomic E-state index is -0.194. The van der Waals surface area contributed by atoms with Gasteiger partial charge in [-0.15, -0.1) is 5.10 Å². The van der Waals surface area contributed by atoms with Crippen molar-refractivity contribution in [3.05, 3.63) is 48.2 Å². The second-order valence-corrected chi connectivity index (χ2v) is 4.93. The second-order valence-electron chi connectivity index (χ2n) is 4.93. The van der Waals surface area contributed by atoms with Gasteiger partial charge in [0.2, 0.25) is 0 Å².